The first-order chi connectivity index (χ1) is 12.6. The normalized spacial score (nSPS) is 16.2. The zero-order valence-corrected chi connectivity index (χ0v) is 15.5. The van der Waals surface area contributed by atoms with Crippen LogP contribution in [-0.2, 0) is 11.2 Å². The Balaban J connectivity index is 1.74. The lowest BCUT2D eigenvalue weighted by Gasteiger charge is -2.33. The molecule has 0 saturated carbocycles. The molecule has 138 valence electrons. The minimum atomic E-state index is -0.370. The van der Waals surface area contributed by atoms with Crippen LogP contribution in [-0.4, -0.2) is 31.2 Å². The third kappa shape index (κ3) is 4.51. The maximum atomic E-state index is 12.8. The number of hydrogen-bond acceptors (Lipinski definition) is 3. The minimum Gasteiger partial charge on any atom is -0.381 e. The molecule has 0 atom stereocenters. The number of carbonyl (C=O) groups is 1. The van der Waals surface area contributed by atoms with Crippen molar-refractivity contribution >= 4 is 5.91 Å². The average molecular weight is 352 g/mol. The van der Waals surface area contributed by atoms with Crippen molar-refractivity contribution in [1.82, 2.24) is 5.32 Å². The second kappa shape index (κ2) is 8.47. The van der Waals surface area contributed by atoms with Gasteiger partial charge >= 0.3 is 0 Å². The zero-order chi connectivity index (χ0) is 18.4. The van der Waals surface area contributed by atoms with E-state index in [0.717, 1.165) is 36.8 Å². The van der Waals surface area contributed by atoms with Crippen molar-refractivity contribution in [3.8, 4) is 11.1 Å². The standard InChI is InChI=1S/C22H28N2O2/c1-2-5-17-8-10-18(11-9-17)19-6-3-4-7-20(19)21(25)24-16-22(23)12-14-26-15-13-22/h3-4,6-11H,2,5,12-16,23H2,1H3,(H,24,25). The molecule has 2 aromatic rings. The van der Waals surface area contributed by atoms with Gasteiger partial charge in [0, 0.05) is 30.9 Å². The van der Waals surface area contributed by atoms with Gasteiger partial charge in [0.15, 0.2) is 0 Å². The molecule has 1 heterocycles. The Morgan fingerprint density at radius 2 is 1.81 bits per heavy atom. The Kier molecular flexibility index (Phi) is 6.07. The van der Waals surface area contributed by atoms with E-state index >= 15 is 0 Å². The Morgan fingerprint density at radius 1 is 1.12 bits per heavy atom. The molecular formula is C22H28N2O2. The fourth-order valence-electron chi connectivity index (χ4n) is 3.38. The van der Waals surface area contributed by atoms with Crippen molar-refractivity contribution in [2.45, 2.75) is 38.1 Å². The van der Waals surface area contributed by atoms with Crippen LogP contribution in [0.4, 0.5) is 0 Å². The van der Waals surface area contributed by atoms with Gasteiger partial charge in [-0.15, -0.1) is 0 Å². The monoisotopic (exact) mass is 352 g/mol. The molecule has 1 aliphatic rings. The summed E-state index contributed by atoms with van der Waals surface area (Å²) in [4.78, 5) is 12.8. The van der Waals surface area contributed by atoms with Crippen LogP contribution in [0, 0.1) is 0 Å². The number of hydrogen-bond donors (Lipinski definition) is 2. The molecule has 4 heteroatoms. The Labute approximate surface area is 155 Å². The van der Waals surface area contributed by atoms with Gasteiger partial charge in [-0.2, -0.15) is 0 Å². The largest absolute Gasteiger partial charge is 0.381 e. The van der Waals surface area contributed by atoms with Gasteiger partial charge < -0.3 is 15.8 Å². The SMILES string of the molecule is CCCc1ccc(-c2ccccc2C(=O)NCC2(N)CCOCC2)cc1. The molecule has 2 aromatic carbocycles. The van der Waals surface area contributed by atoms with E-state index in [1.807, 2.05) is 24.3 Å². The Bertz CT molecular complexity index is 734. The average Bonchev–Trinajstić information content (AvgIpc) is 2.68. The summed E-state index contributed by atoms with van der Waals surface area (Å²) in [6, 6.07) is 16.2. The van der Waals surface area contributed by atoms with E-state index in [1.165, 1.54) is 5.56 Å². The highest BCUT2D eigenvalue weighted by atomic mass is 16.5. The lowest BCUT2D eigenvalue weighted by atomic mass is 9.91. The number of amides is 1. The molecule has 0 bridgehead atoms. The van der Waals surface area contributed by atoms with Crippen molar-refractivity contribution in [3.63, 3.8) is 0 Å². The number of benzene rings is 2. The van der Waals surface area contributed by atoms with E-state index in [-0.39, 0.29) is 11.4 Å². The maximum absolute atomic E-state index is 12.8. The van der Waals surface area contributed by atoms with E-state index in [1.54, 1.807) is 0 Å². The molecule has 4 nitrogen and oxygen atoms in total. The van der Waals surface area contributed by atoms with Crippen molar-refractivity contribution in [2.75, 3.05) is 19.8 Å². The van der Waals surface area contributed by atoms with Gasteiger partial charge in [-0.05, 0) is 42.0 Å². The maximum Gasteiger partial charge on any atom is 0.251 e. The smallest absolute Gasteiger partial charge is 0.251 e. The fourth-order valence-corrected chi connectivity index (χ4v) is 3.38. The molecule has 26 heavy (non-hydrogen) atoms. The summed E-state index contributed by atoms with van der Waals surface area (Å²) in [5, 5.41) is 3.03. The zero-order valence-electron chi connectivity index (χ0n) is 15.5. The molecule has 3 rings (SSSR count). The van der Waals surface area contributed by atoms with Crippen LogP contribution < -0.4 is 11.1 Å². The van der Waals surface area contributed by atoms with Crippen molar-refractivity contribution < 1.29 is 9.53 Å². The number of carbonyl (C=O) groups excluding carboxylic acids is 1. The molecule has 0 aromatic heterocycles. The highest BCUT2D eigenvalue weighted by Crippen LogP contribution is 2.25. The van der Waals surface area contributed by atoms with Gasteiger partial charge in [0.1, 0.15) is 0 Å². The Morgan fingerprint density at radius 3 is 2.50 bits per heavy atom. The second-order valence-electron chi connectivity index (χ2n) is 7.15. The van der Waals surface area contributed by atoms with Crippen LogP contribution in [0.2, 0.25) is 0 Å². The topological polar surface area (TPSA) is 64.4 Å². The van der Waals surface area contributed by atoms with Crippen LogP contribution in [0.1, 0.15) is 42.1 Å². The summed E-state index contributed by atoms with van der Waals surface area (Å²) in [7, 11) is 0. The lowest BCUT2D eigenvalue weighted by Crippen LogP contribution is -2.53. The van der Waals surface area contributed by atoms with Gasteiger partial charge in [0.05, 0.1) is 0 Å². The van der Waals surface area contributed by atoms with E-state index in [2.05, 4.69) is 36.5 Å². The predicted molar refractivity (Wildman–Crippen MR) is 105 cm³/mol. The van der Waals surface area contributed by atoms with E-state index in [0.29, 0.717) is 25.3 Å². The van der Waals surface area contributed by atoms with Gasteiger partial charge in [0.25, 0.3) is 5.91 Å². The summed E-state index contributed by atoms with van der Waals surface area (Å²) in [6.07, 6.45) is 3.75. The molecule has 1 aliphatic heterocycles. The molecular weight excluding hydrogens is 324 g/mol. The molecule has 1 saturated heterocycles. The summed E-state index contributed by atoms with van der Waals surface area (Å²) in [6.45, 7) is 3.97. The molecule has 1 fully saturated rings. The summed E-state index contributed by atoms with van der Waals surface area (Å²) in [5.41, 5.74) is 10.0. The number of rotatable bonds is 6. The van der Waals surface area contributed by atoms with E-state index in [9.17, 15) is 4.79 Å². The fraction of sp³-hybridized carbons (Fsp3) is 0.409. The molecule has 0 unspecified atom stereocenters. The highest BCUT2D eigenvalue weighted by molar-refractivity contribution is 6.00. The summed E-state index contributed by atoms with van der Waals surface area (Å²) in [5.74, 6) is -0.0745. The highest BCUT2D eigenvalue weighted by Gasteiger charge is 2.28. The van der Waals surface area contributed by atoms with Gasteiger partial charge in [-0.1, -0.05) is 55.8 Å². The first-order valence-corrected chi connectivity index (χ1v) is 9.44. The number of nitrogens with two attached hydrogens (primary N) is 1. The van der Waals surface area contributed by atoms with Crippen LogP contribution in [0.25, 0.3) is 11.1 Å². The predicted octanol–water partition coefficient (Wildman–Crippen LogP) is 3.54. The van der Waals surface area contributed by atoms with Crippen LogP contribution >= 0.6 is 0 Å². The van der Waals surface area contributed by atoms with Crippen molar-refractivity contribution in [2.24, 2.45) is 5.73 Å². The number of nitrogens with one attached hydrogen (secondary N) is 1. The van der Waals surface area contributed by atoms with Crippen molar-refractivity contribution in [1.29, 1.82) is 0 Å². The molecule has 0 spiro atoms. The number of ether oxygens (including phenoxy) is 1. The van der Waals surface area contributed by atoms with E-state index < -0.39 is 0 Å². The van der Waals surface area contributed by atoms with Gasteiger partial charge in [-0.3, -0.25) is 4.79 Å². The third-order valence-electron chi connectivity index (χ3n) is 5.06. The van der Waals surface area contributed by atoms with Crippen molar-refractivity contribution in [3.05, 3.63) is 59.7 Å². The molecule has 0 aliphatic carbocycles. The Hall–Kier alpha value is -2.17. The first kappa shape index (κ1) is 18.6. The molecule has 3 N–H and O–H groups in total. The summed E-state index contributed by atoms with van der Waals surface area (Å²) >= 11 is 0. The third-order valence-corrected chi connectivity index (χ3v) is 5.06. The quantitative estimate of drug-likeness (QED) is 0.836. The van der Waals surface area contributed by atoms with Gasteiger partial charge in [-0.25, -0.2) is 0 Å². The van der Waals surface area contributed by atoms with Crippen LogP contribution in [0.5, 0.6) is 0 Å². The minimum absolute atomic E-state index is 0.0745. The second-order valence-corrected chi connectivity index (χ2v) is 7.15. The molecule has 1 amide bonds. The lowest BCUT2D eigenvalue weighted by molar-refractivity contribution is 0.0518. The summed E-state index contributed by atoms with van der Waals surface area (Å²) < 4.78 is 5.37. The van der Waals surface area contributed by atoms with Gasteiger partial charge in [0.2, 0.25) is 0 Å². The molecule has 0 radical (unpaired) electrons. The first-order valence-electron chi connectivity index (χ1n) is 9.44. The van der Waals surface area contributed by atoms with E-state index in [4.69, 9.17) is 10.5 Å². The number of aryl methyl sites for hydroxylation is 1. The van der Waals surface area contributed by atoms with Crippen LogP contribution in [0.15, 0.2) is 48.5 Å². The van der Waals surface area contributed by atoms with Crippen LogP contribution in [0.3, 0.4) is 0 Å².